The lowest BCUT2D eigenvalue weighted by molar-refractivity contribution is 0.169. The van der Waals surface area contributed by atoms with Gasteiger partial charge in [0.2, 0.25) is 0 Å². The molecule has 0 aromatic carbocycles. The summed E-state index contributed by atoms with van der Waals surface area (Å²) in [6.07, 6.45) is 0. The van der Waals surface area contributed by atoms with Crippen molar-refractivity contribution in [2.24, 2.45) is 5.92 Å². The van der Waals surface area contributed by atoms with E-state index in [-0.39, 0.29) is 0 Å². The van der Waals surface area contributed by atoms with Gasteiger partial charge in [-0.15, -0.1) is 0 Å². The molecule has 1 N–H and O–H groups in total. The molecule has 4 nitrogen and oxygen atoms in total. The van der Waals surface area contributed by atoms with Crippen molar-refractivity contribution in [2.45, 2.75) is 53.8 Å². The molecule has 0 aliphatic carbocycles. The van der Waals surface area contributed by atoms with Gasteiger partial charge in [-0.3, -0.25) is 4.90 Å². The molecule has 0 spiro atoms. The van der Waals surface area contributed by atoms with E-state index >= 15 is 0 Å². The molecule has 0 fully saturated rings. The fourth-order valence-electron chi connectivity index (χ4n) is 1.89. The Bertz CT molecular complexity index is 334. The molecule has 1 aromatic rings. The maximum atomic E-state index is 5.39. The molecule has 0 aliphatic rings. The molecule has 0 bridgehead atoms. The summed E-state index contributed by atoms with van der Waals surface area (Å²) in [7, 11) is 0. The molecule has 0 atom stereocenters. The lowest BCUT2D eigenvalue weighted by atomic mass is 10.1. The summed E-state index contributed by atoms with van der Waals surface area (Å²) in [5.74, 6) is 1.62. The van der Waals surface area contributed by atoms with Gasteiger partial charge in [0.05, 0.1) is 12.2 Å². The van der Waals surface area contributed by atoms with E-state index in [2.05, 4.69) is 56.1 Å². The van der Waals surface area contributed by atoms with Gasteiger partial charge in [0.25, 0.3) is 0 Å². The second-order valence-corrected chi connectivity index (χ2v) is 5.48. The maximum Gasteiger partial charge on any atom is 0.151 e. The molecule has 104 valence electrons. The summed E-state index contributed by atoms with van der Waals surface area (Å²) in [5.41, 5.74) is 0.986. The monoisotopic (exact) mass is 253 g/mol. The van der Waals surface area contributed by atoms with Gasteiger partial charge in [-0.05, 0) is 26.3 Å². The zero-order valence-electron chi connectivity index (χ0n) is 12.4. The van der Waals surface area contributed by atoms with Crippen molar-refractivity contribution in [3.63, 3.8) is 0 Å². The number of aromatic nitrogens is 1. The highest BCUT2D eigenvalue weighted by Gasteiger charge is 2.14. The molecule has 1 aromatic heterocycles. The Hall–Kier alpha value is -0.870. The van der Waals surface area contributed by atoms with Crippen molar-refractivity contribution >= 4 is 0 Å². The minimum Gasteiger partial charge on any atom is -0.360 e. The van der Waals surface area contributed by atoms with E-state index in [0.29, 0.717) is 12.0 Å². The van der Waals surface area contributed by atoms with Gasteiger partial charge in [-0.1, -0.05) is 25.9 Å². The first-order chi connectivity index (χ1) is 8.52. The lowest BCUT2D eigenvalue weighted by Crippen LogP contribution is -2.33. The summed E-state index contributed by atoms with van der Waals surface area (Å²) in [6.45, 7) is 14.7. The molecular formula is C14H27N3O. The van der Waals surface area contributed by atoms with Gasteiger partial charge in [-0.25, -0.2) is 0 Å². The van der Waals surface area contributed by atoms with Crippen LogP contribution >= 0.6 is 0 Å². The Morgan fingerprint density at radius 2 is 2.06 bits per heavy atom. The number of nitrogens with zero attached hydrogens (tertiary/aromatic N) is 2. The van der Waals surface area contributed by atoms with Gasteiger partial charge >= 0.3 is 0 Å². The van der Waals surface area contributed by atoms with Crippen molar-refractivity contribution in [3.05, 3.63) is 17.5 Å². The second-order valence-electron chi connectivity index (χ2n) is 5.48. The van der Waals surface area contributed by atoms with Gasteiger partial charge in [0, 0.05) is 25.2 Å². The van der Waals surface area contributed by atoms with Crippen LogP contribution in [-0.2, 0) is 13.1 Å². The fourth-order valence-corrected chi connectivity index (χ4v) is 1.89. The highest BCUT2D eigenvalue weighted by molar-refractivity contribution is 5.05. The van der Waals surface area contributed by atoms with E-state index in [0.717, 1.165) is 37.6 Å². The van der Waals surface area contributed by atoms with Crippen LogP contribution in [0.2, 0.25) is 0 Å². The zero-order chi connectivity index (χ0) is 13.5. The van der Waals surface area contributed by atoms with Crippen LogP contribution < -0.4 is 5.32 Å². The van der Waals surface area contributed by atoms with E-state index in [9.17, 15) is 0 Å². The molecule has 0 unspecified atom stereocenters. The lowest BCUT2D eigenvalue weighted by Gasteiger charge is -2.26. The van der Waals surface area contributed by atoms with E-state index < -0.39 is 0 Å². The maximum absolute atomic E-state index is 5.39. The Kier molecular flexibility index (Phi) is 6.36. The van der Waals surface area contributed by atoms with E-state index in [1.807, 2.05) is 0 Å². The summed E-state index contributed by atoms with van der Waals surface area (Å²) in [5, 5.41) is 7.33. The Morgan fingerprint density at radius 1 is 1.33 bits per heavy atom. The first-order valence-corrected chi connectivity index (χ1v) is 6.92. The standard InChI is InChI=1S/C14H27N3O/c1-6-15-8-13-7-14(18-16-13)10-17(12(4)5)9-11(2)3/h7,11-12,15H,6,8-10H2,1-5H3. The first kappa shape index (κ1) is 15.2. The number of nitrogens with one attached hydrogen (secondary N) is 1. The molecule has 0 radical (unpaired) electrons. The SMILES string of the molecule is CCNCc1cc(CN(CC(C)C)C(C)C)on1. The second kappa shape index (κ2) is 7.54. The topological polar surface area (TPSA) is 41.3 Å². The summed E-state index contributed by atoms with van der Waals surface area (Å²) < 4.78 is 5.39. The smallest absolute Gasteiger partial charge is 0.151 e. The summed E-state index contributed by atoms with van der Waals surface area (Å²) in [4.78, 5) is 2.42. The van der Waals surface area contributed by atoms with Crippen LogP contribution in [0.4, 0.5) is 0 Å². The number of rotatable bonds is 8. The van der Waals surface area contributed by atoms with Gasteiger partial charge in [-0.2, -0.15) is 0 Å². The largest absolute Gasteiger partial charge is 0.360 e. The van der Waals surface area contributed by atoms with Crippen LogP contribution in [0.5, 0.6) is 0 Å². The molecule has 1 heterocycles. The van der Waals surface area contributed by atoms with Crippen molar-refractivity contribution in [2.75, 3.05) is 13.1 Å². The Labute approximate surface area is 111 Å². The van der Waals surface area contributed by atoms with Crippen molar-refractivity contribution < 1.29 is 4.52 Å². The van der Waals surface area contributed by atoms with Crippen molar-refractivity contribution in [1.29, 1.82) is 0 Å². The van der Waals surface area contributed by atoms with E-state index in [4.69, 9.17) is 4.52 Å². The van der Waals surface area contributed by atoms with E-state index in [1.165, 1.54) is 0 Å². The minimum atomic E-state index is 0.523. The molecular weight excluding hydrogens is 226 g/mol. The quantitative estimate of drug-likeness (QED) is 0.773. The summed E-state index contributed by atoms with van der Waals surface area (Å²) >= 11 is 0. The molecule has 0 amide bonds. The minimum absolute atomic E-state index is 0.523. The molecule has 0 saturated heterocycles. The van der Waals surface area contributed by atoms with Crippen LogP contribution in [0, 0.1) is 5.92 Å². The Morgan fingerprint density at radius 3 is 2.61 bits per heavy atom. The van der Waals surface area contributed by atoms with Crippen LogP contribution in [0.25, 0.3) is 0 Å². The molecule has 0 aliphatic heterocycles. The number of hydrogen-bond donors (Lipinski definition) is 1. The summed E-state index contributed by atoms with van der Waals surface area (Å²) in [6, 6.07) is 2.58. The predicted octanol–water partition coefficient (Wildman–Crippen LogP) is 2.65. The van der Waals surface area contributed by atoms with Crippen LogP contribution in [0.1, 0.15) is 46.1 Å². The molecule has 1 rings (SSSR count). The van der Waals surface area contributed by atoms with Crippen LogP contribution in [0.15, 0.2) is 10.6 Å². The normalized spacial score (nSPS) is 12.0. The van der Waals surface area contributed by atoms with Crippen molar-refractivity contribution in [1.82, 2.24) is 15.4 Å². The van der Waals surface area contributed by atoms with Gasteiger partial charge in [0.15, 0.2) is 5.76 Å². The highest BCUT2D eigenvalue weighted by atomic mass is 16.5. The third kappa shape index (κ3) is 5.19. The molecule has 0 saturated carbocycles. The van der Waals surface area contributed by atoms with Gasteiger partial charge in [0.1, 0.15) is 0 Å². The van der Waals surface area contributed by atoms with Crippen LogP contribution in [-0.4, -0.2) is 29.2 Å². The van der Waals surface area contributed by atoms with Crippen molar-refractivity contribution in [3.8, 4) is 0 Å². The third-order valence-corrected chi connectivity index (χ3v) is 2.85. The third-order valence-electron chi connectivity index (χ3n) is 2.85. The fraction of sp³-hybridized carbons (Fsp3) is 0.786. The first-order valence-electron chi connectivity index (χ1n) is 6.92. The highest BCUT2D eigenvalue weighted by Crippen LogP contribution is 2.12. The predicted molar refractivity (Wildman–Crippen MR) is 74.3 cm³/mol. The van der Waals surface area contributed by atoms with Gasteiger partial charge < -0.3 is 9.84 Å². The molecule has 4 heteroatoms. The molecule has 18 heavy (non-hydrogen) atoms. The average Bonchev–Trinajstić information content (AvgIpc) is 2.72. The number of hydrogen-bond acceptors (Lipinski definition) is 4. The van der Waals surface area contributed by atoms with Crippen LogP contribution in [0.3, 0.4) is 0 Å². The zero-order valence-corrected chi connectivity index (χ0v) is 12.4. The average molecular weight is 253 g/mol. The van der Waals surface area contributed by atoms with E-state index in [1.54, 1.807) is 0 Å². The Balaban J connectivity index is 2.55.